The zero-order chi connectivity index (χ0) is 19.2. The van der Waals surface area contributed by atoms with Crippen LogP contribution in [0.2, 0.25) is 0 Å². The van der Waals surface area contributed by atoms with E-state index in [9.17, 15) is 0 Å². The number of benzene rings is 3. The molecule has 3 aromatic carbocycles. The molecule has 4 nitrogen and oxygen atoms in total. The minimum Gasteiger partial charge on any atom is -0.497 e. The van der Waals surface area contributed by atoms with Gasteiger partial charge in [-0.05, 0) is 29.8 Å². The lowest BCUT2D eigenvalue weighted by Gasteiger charge is -2.11. The van der Waals surface area contributed by atoms with E-state index >= 15 is 0 Å². The van der Waals surface area contributed by atoms with Crippen LogP contribution in [0.5, 0.6) is 5.75 Å². The fourth-order valence-corrected chi connectivity index (χ4v) is 2.86. The Bertz CT molecular complexity index is 1050. The van der Waals surface area contributed by atoms with E-state index in [1.807, 2.05) is 91.0 Å². The molecule has 0 bridgehead atoms. The molecule has 1 aromatic heterocycles. The maximum absolute atomic E-state index is 5.70. The lowest BCUT2D eigenvalue weighted by molar-refractivity contribution is 0.415. The molecule has 4 rings (SSSR count). The minimum absolute atomic E-state index is 0.540. The monoisotopic (exact) mass is 368 g/mol. The van der Waals surface area contributed by atoms with Gasteiger partial charge in [-0.25, -0.2) is 4.98 Å². The van der Waals surface area contributed by atoms with Gasteiger partial charge in [0.25, 0.3) is 0 Å². The highest BCUT2D eigenvalue weighted by Gasteiger charge is 2.08. The summed E-state index contributed by atoms with van der Waals surface area (Å²) in [5, 5.41) is 3.45. The molecule has 0 spiro atoms. The van der Waals surface area contributed by atoms with Crippen LogP contribution in [0.1, 0.15) is 11.5 Å². The number of methoxy groups -OCH3 is 1. The van der Waals surface area contributed by atoms with Crippen LogP contribution >= 0.6 is 0 Å². The molecule has 0 saturated carbocycles. The maximum Gasteiger partial charge on any atom is 0.221 e. The molecule has 138 valence electrons. The highest BCUT2D eigenvalue weighted by Crippen LogP contribution is 2.24. The van der Waals surface area contributed by atoms with E-state index in [-0.39, 0.29) is 0 Å². The lowest BCUT2D eigenvalue weighted by atomic mass is 10.1. The van der Waals surface area contributed by atoms with Crippen molar-refractivity contribution in [3.05, 3.63) is 103 Å². The fraction of sp³-hybridized carbons (Fsp3) is 0.0417. The molecule has 0 unspecified atom stereocenters. The average molecular weight is 368 g/mol. The molecule has 28 heavy (non-hydrogen) atoms. The van der Waals surface area contributed by atoms with Gasteiger partial charge < -0.3 is 14.5 Å². The third kappa shape index (κ3) is 4.13. The van der Waals surface area contributed by atoms with Crippen molar-refractivity contribution in [2.45, 2.75) is 0 Å². The fourth-order valence-electron chi connectivity index (χ4n) is 2.86. The van der Waals surface area contributed by atoms with Crippen molar-refractivity contribution in [3.63, 3.8) is 0 Å². The molecule has 0 aliphatic heterocycles. The summed E-state index contributed by atoms with van der Waals surface area (Å²) in [6, 6.07) is 27.9. The van der Waals surface area contributed by atoms with Crippen molar-refractivity contribution in [1.29, 1.82) is 0 Å². The molecule has 0 radical (unpaired) electrons. The largest absolute Gasteiger partial charge is 0.497 e. The number of hydrogen-bond donors (Lipinski definition) is 1. The van der Waals surface area contributed by atoms with Crippen LogP contribution in [0.3, 0.4) is 0 Å². The van der Waals surface area contributed by atoms with Crippen LogP contribution in [0.25, 0.3) is 23.0 Å². The summed E-state index contributed by atoms with van der Waals surface area (Å²) in [5.41, 5.74) is 4.72. The van der Waals surface area contributed by atoms with Gasteiger partial charge in [0.05, 0.1) is 12.8 Å². The normalized spacial score (nSPS) is 11.2. The van der Waals surface area contributed by atoms with Gasteiger partial charge in [-0.1, -0.05) is 60.7 Å². The van der Waals surface area contributed by atoms with E-state index < -0.39 is 0 Å². The smallest absolute Gasteiger partial charge is 0.221 e. The number of rotatable bonds is 6. The van der Waals surface area contributed by atoms with E-state index in [1.54, 1.807) is 13.4 Å². The third-order valence-electron chi connectivity index (χ3n) is 4.31. The van der Waals surface area contributed by atoms with Crippen LogP contribution in [0.4, 0.5) is 5.69 Å². The second-order valence-corrected chi connectivity index (χ2v) is 6.21. The predicted molar refractivity (Wildman–Crippen MR) is 113 cm³/mol. The van der Waals surface area contributed by atoms with Gasteiger partial charge in [0.15, 0.2) is 0 Å². The molecule has 0 atom stereocenters. The Morgan fingerprint density at radius 3 is 2.25 bits per heavy atom. The number of anilines is 1. The average Bonchev–Trinajstić information content (AvgIpc) is 3.24. The van der Waals surface area contributed by atoms with Crippen molar-refractivity contribution in [2.75, 3.05) is 12.4 Å². The zero-order valence-corrected chi connectivity index (χ0v) is 15.5. The van der Waals surface area contributed by atoms with Gasteiger partial charge in [0, 0.05) is 17.3 Å². The lowest BCUT2D eigenvalue weighted by Crippen LogP contribution is -1.99. The van der Waals surface area contributed by atoms with Crippen LogP contribution in [-0.2, 0) is 0 Å². The summed E-state index contributed by atoms with van der Waals surface area (Å²) in [6.45, 7) is 0. The molecule has 4 aromatic rings. The Morgan fingerprint density at radius 2 is 1.57 bits per heavy atom. The highest BCUT2D eigenvalue weighted by atomic mass is 16.5. The topological polar surface area (TPSA) is 47.3 Å². The van der Waals surface area contributed by atoms with Crippen LogP contribution in [0.15, 0.2) is 95.6 Å². The van der Waals surface area contributed by atoms with Crippen molar-refractivity contribution < 1.29 is 9.15 Å². The standard InChI is InChI=1S/C24H20N2O2/c1-27-21-14-12-20(13-15-21)25-22(18-8-4-2-5-9-18)16-24-26-23(17-28-24)19-10-6-3-7-11-19/h2-17,25H,1H3. The van der Waals surface area contributed by atoms with Crippen molar-refractivity contribution in [1.82, 2.24) is 4.98 Å². The van der Waals surface area contributed by atoms with Crippen molar-refractivity contribution in [2.24, 2.45) is 0 Å². The number of nitrogens with one attached hydrogen (secondary N) is 1. The number of nitrogens with zero attached hydrogens (tertiary/aromatic N) is 1. The quantitative estimate of drug-likeness (QED) is 0.456. The van der Waals surface area contributed by atoms with Gasteiger partial charge in [-0.3, -0.25) is 0 Å². The number of ether oxygens (including phenoxy) is 1. The molecular weight excluding hydrogens is 348 g/mol. The molecular formula is C24H20N2O2. The Hall–Kier alpha value is -3.79. The van der Waals surface area contributed by atoms with Gasteiger partial charge in [-0.15, -0.1) is 0 Å². The van der Waals surface area contributed by atoms with Gasteiger partial charge in [0.2, 0.25) is 5.89 Å². The summed E-state index contributed by atoms with van der Waals surface area (Å²) in [4.78, 5) is 4.61. The van der Waals surface area contributed by atoms with Crippen molar-refractivity contribution >= 4 is 17.5 Å². The molecule has 1 N–H and O–H groups in total. The summed E-state index contributed by atoms with van der Waals surface area (Å²) in [6.07, 6.45) is 3.59. The first-order valence-corrected chi connectivity index (χ1v) is 9.01. The van der Waals surface area contributed by atoms with Crippen molar-refractivity contribution in [3.8, 4) is 17.0 Å². The van der Waals surface area contributed by atoms with Gasteiger partial charge in [0.1, 0.15) is 17.7 Å². The van der Waals surface area contributed by atoms with E-state index in [0.717, 1.165) is 34.0 Å². The first kappa shape index (κ1) is 17.6. The summed E-state index contributed by atoms with van der Waals surface area (Å²) >= 11 is 0. The molecule has 0 saturated heterocycles. The van der Waals surface area contributed by atoms with E-state index in [0.29, 0.717) is 5.89 Å². The number of oxazole rings is 1. The predicted octanol–water partition coefficient (Wildman–Crippen LogP) is 5.96. The van der Waals surface area contributed by atoms with Crippen LogP contribution in [0, 0.1) is 0 Å². The molecule has 0 amide bonds. The van der Waals surface area contributed by atoms with Gasteiger partial charge >= 0.3 is 0 Å². The Labute approximate surface area is 164 Å². The summed E-state index contributed by atoms with van der Waals surface area (Å²) < 4.78 is 10.9. The SMILES string of the molecule is COc1ccc(NC(=Cc2nc(-c3ccccc3)co2)c2ccccc2)cc1. The highest BCUT2D eigenvalue weighted by molar-refractivity contribution is 5.87. The zero-order valence-electron chi connectivity index (χ0n) is 15.5. The first-order chi connectivity index (χ1) is 13.8. The molecule has 0 aliphatic carbocycles. The second kappa shape index (κ2) is 8.27. The van der Waals surface area contributed by atoms with Crippen LogP contribution < -0.4 is 10.1 Å². The van der Waals surface area contributed by atoms with Gasteiger partial charge in [-0.2, -0.15) is 0 Å². The van der Waals surface area contributed by atoms with E-state index in [2.05, 4.69) is 10.3 Å². The van der Waals surface area contributed by atoms with Crippen LogP contribution in [-0.4, -0.2) is 12.1 Å². The summed E-state index contributed by atoms with van der Waals surface area (Å²) in [7, 11) is 1.66. The summed E-state index contributed by atoms with van der Waals surface area (Å²) in [5.74, 6) is 1.36. The molecule has 1 heterocycles. The number of hydrogen-bond acceptors (Lipinski definition) is 4. The van der Waals surface area contributed by atoms with E-state index in [1.165, 1.54) is 0 Å². The van der Waals surface area contributed by atoms with E-state index in [4.69, 9.17) is 9.15 Å². The Balaban J connectivity index is 1.66. The molecule has 0 fully saturated rings. The Kier molecular flexibility index (Phi) is 5.20. The molecule has 0 aliphatic rings. The first-order valence-electron chi connectivity index (χ1n) is 9.01. The number of aromatic nitrogens is 1. The minimum atomic E-state index is 0.540. The third-order valence-corrected chi connectivity index (χ3v) is 4.31. The maximum atomic E-state index is 5.70. The second-order valence-electron chi connectivity index (χ2n) is 6.21. The molecule has 4 heteroatoms. The Morgan fingerprint density at radius 1 is 0.893 bits per heavy atom.